The van der Waals surface area contributed by atoms with Crippen molar-refractivity contribution < 1.29 is 0 Å². The molecule has 1 rings (SSSR count). The first-order valence-corrected chi connectivity index (χ1v) is 6.06. The smallest absolute Gasteiger partial charge is 0.133 e. The van der Waals surface area contributed by atoms with Gasteiger partial charge in [-0.05, 0) is 39.3 Å². The van der Waals surface area contributed by atoms with Gasteiger partial charge in [0, 0.05) is 30.9 Å². The number of nitrogens with zero attached hydrogens (tertiary/aromatic N) is 2. The molecule has 0 spiro atoms. The molecule has 0 aliphatic heterocycles. The van der Waals surface area contributed by atoms with E-state index < -0.39 is 0 Å². The minimum absolute atomic E-state index is 0.529. The Hall–Kier alpha value is -1.35. The quantitative estimate of drug-likeness (QED) is 0.795. The third-order valence-electron chi connectivity index (χ3n) is 2.80. The molecule has 1 aromatic rings. The summed E-state index contributed by atoms with van der Waals surface area (Å²) >= 11 is 0. The molecule has 1 aromatic heterocycles. The Morgan fingerprint density at radius 3 is 2.59 bits per heavy atom. The van der Waals surface area contributed by atoms with Crippen molar-refractivity contribution >= 4 is 5.82 Å². The second-order valence-electron chi connectivity index (χ2n) is 4.56. The fourth-order valence-electron chi connectivity index (χ4n) is 2.02. The van der Waals surface area contributed by atoms with Crippen LogP contribution in [-0.4, -0.2) is 18.1 Å². The molecule has 0 radical (unpaired) electrons. The van der Waals surface area contributed by atoms with Crippen LogP contribution in [0.5, 0.6) is 0 Å². The Kier molecular flexibility index (Phi) is 4.70. The molecular weight excluding hydrogens is 210 g/mol. The van der Waals surface area contributed by atoms with E-state index in [1.54, 1.807) is 0 Å². The highest BCUT2D eigenvalue weighted by molar-refractivity contribution is 5.52. The lowest BCUT2D eigenvalue weighted by Gasteiger charge is -2.25. The van der Waals surface area contributed by atoms with Crippen LogP contribution in [0.2, 0.25) is 0 Å². The summed E-state index contributed by atoms with van der Waals surface area (Å²) in [5.74, 6) is 1.01. The minimum Gasteiger partial charge on any atom is -0.353 e. The number of pyridine rings is 1. The molecule has 3 heteroatoms. The van der Waals surface area contributed by atoms with Crippen LogP contribution in [0.1, 0.15) is 30.7 Å². The SMILES string of the molecule is C=C(C)CN(CC)c1nc(C)cc(C)c1CN. The van der Waals surface area contributed by atoms with E-state index in [0.717, 1.165) is 35.7 Å². The zero-order chi connectivity index (χ0) is 13.0. The Morgan fingerprint density at radius 2 is 2.12 bits per heavy atom. The van der Waals surface area contributed by atoms with Gasteiger partial charge in [-0.25, -0.2) is 4.98 Å². The van der Waals surface area contributed by atoms with Gasteiger partial charge in [-0.15, -0.1) is 0 Å². The van der Waals surface area contributed by atoms with E-state index in [9.17, 15) is 0 Å². The largest absolute Gasteiger partial charge is 0.353 e. The van der Waals surface area contributed by atoms with E-state index in [-0.39, 0.29) is 0 Å². The highest BCUT2D eigenvalue weighted by Gasteiger charge is 2.13. The van der Waals surface area contributed by atoms with Gasteiger partial charge < -0.3 is 10.6 Å². The van der Waals surface area contributed by atoms with Gasteiger partial charge in [-0.1, -0.05) is 12.2 Å². The molecule has 0 aliphatic carbocycles. The lowest BCUT2D eigenvalue weighted by atomic mass is 10.1. The zero-order valence-corrected chi connectivity index (χ0v) is 11.4. The van der Waals surface area contributed by atoms with Crippen LogP contribution in [0, 0.1) is 13.8 Å². The van der Waals surface area contributed by atoms with Crippen molar-refractivity contribution in [2.24, 2.45) is 5.73 Å². The second-order valence-corrected chi connectivity index (χ2v) is 4.56. The topological polar surface area (TPSA) is 42.2 Å². The van der Waals surface area contributed by atoms with Crippen LogP contribution in [-0.2, 0) is 6.54 Å². The van der Waals surface area contributed by atoms with E-state index in [4.69, 9.17) is 5.73 Å². The van der Waals surface area contributed by atoms with Gasteiger partial charge >= 0.3 is 0 Å². The van der Waals surface area contributed by atoms with E-state index in [2.05, 4.69) is 36.4 Å². The summed E-state index contributed by atoms with van der Waals surface area (Å²) < 4.78 is 0. The van der Waals surface area contributed by atoms with Crippen molar-refractivity contribution in [2.75, 3.05) is 18.0 Å². The highest BCUT2D eigenvalue weighted by atomic mass is 15.2. The minimum atomic E-state index is 0.529. The molecule has 1 heterocycles. The Bertz CT molecular complexity index is 410. The number of aromatic nitrogens is 1. The van der Waals surface area contributed by atoms with Crippen molar-refractivity contribution in [1.82, 2.24) is 4.98 Å². The maximum atomic E-state index is 5.84. The normalized spacial score (nSPS) is 10.4. The maximum absolute atomic E-state index is 5.84. The number of nitrogens with two attached hydrogens (primary N) is 1. The Labute approximate surface area is 104 Å². The molecule has 2 N–H and O–H groups in total. The summed E-state index contributed by atoms with van der Waals surface area (Å²) in [4.78, 5) is 6.86. The molecule has 3 nitrogen and oxygen atoms in total. The lowest BCUT2D eigenvalue weighted by molar-refractivity contribution is 0.835. The Balaban J connectivity index is 3.21. The third-order valence-corrected chi connectivity index (χ3v) is 2.80. The van der Waals surface area contributed by atoms with Gasteiger partial charge in [-0.3, -0.25) is 0 Å². The van der Waals surface area contributed by atoms with Crippen LogP contribution in [0.25, 0.3) is 0 Å². The number of hydrogen-bond acceptors (Lipinski definition) is 3. The fourth-order valence-corrected chi connectivity index (χ4v) is 2.02. The number of aryl methyl sites for hydroxylation is 2. The molecular formula is C14H23N3. The van der Waals surface area contributed by atoms with Gasteiger partial charge in [0.2, 0.25) is 0 Å². The first-order valence-electron chi connectivity index (χ1n) is 6.06. The molecule has 94 valence electrons. The molecule has 0 aliphatic rings. The number of rotatable bonds is 5. The highest BCUT2D eigenvalue weighted by Crippen LogP contribution is 2.22. The van der Waals surface area contributed by atoms with Crippen molar-refractivity contribution in [3.8, 4) is 0 Å². The molecule has 0 saturated heterocycles. The van der Waals surface area contributed by atoms with Crippen molar-refractivity contribution in [1.29, 1.82) is 0 Å². The predicted molar refractivity (Wildman–Crippen MR) is 74.3 cm³/mol. The van der Waals surface area contributed by atoms with E-state index in [1.165, 1.54) is 5.56 Å². The molecule has 0 saturated carbocycles. The molecule has 0 fully saturated rings. The van der Waals surface area contributed by atoms with Crippen LogP contribution >= 0.6 is 0 Å². The maximum Gasteiger partial charge on any atom is 0.133 e. The van der Waals surface area contributed by atoms with Crippen molar-refractivity contribution in [3.63, 3.8) is 0 Å². The van der Waals surface area contributed by atoms with Gasteiger partial charge in [0.1, 0.15) is 5.82 Å². The van der Waals surface area contributed by atoms with E-state index >= 15 is 0 Å². The number of hydrogen-bond donors (Lipinski definition) is 1. The van der Waals surface area contributed by atoms with Gasteiger partial charge in [0.15, 0.2) is 0 Å². The molecule has 0 aromatic carbocycles. The van der Waals surface area contributed by atoms with Crippen LogP contribution < -0.4 is 10.6 Å². The zero-order valence-electron chi connectivity index (χ0n) is 11.4. The van der Waals surface area contributed by atoms with Crippen LogP contribution in [0.4, 0.5) is 5.82 Å². The summed E-state index contributed by atoms with van der Waals surface area (Å²) in [6.07, 6.45) is 0. The van der Waals surface area contributed by atoms with Crippen LogP contribution in [0.3, 0.4) is 0 Å². The summed E-state index contributed by atoms with van der Waals surface area (Å²) in [5, 5.41) is 0. The Morgan fingerprint density at radius 1 is 1.47 bits per heavy atom. The first kappa shape index (κ1) is 13.7. The predicted octanol–water partition coefficient (Wildman–Crippen LogP) is 2.56. The van der Waals surface area contributed by atoms with Crippen molar-refractivity contribution in [3.05, 3.63) is 35.0 Å². The fraction of sp³-hybridized carbons (Fsp3) is 0.500. The molecule has 0 bridgehead atoms. The molecule has 0 amide bonds. The van der Waals surface area contributed by atoms with E-state index in [0.29, 0.717) is 6.54 Å². The third kappa shape index (κ3) is 3.30. The molecule has 17 heavy (non-hydrogen) atoms. The summed E-state index contributed by atoms with van der Waals surface area (Å²) in [5.41, 5.74) is 10.4. The van der Waals surface area contributed by atoms with Gasteiger partial charge in [-0.2, -0.15) is 0 Å². The van der Waals surface area contributed by atoms with Gasteiger partial charge in [0.25, 0.3) is 0 Å². The molecule has 0 unspecified atom stereocenters. The second kappa shape index (κ2) is 5.82. The molecule has 0 atom stereocenters. The number of likely N-dealkylation sites (N-methyl/N-ethyl adjacent to an activating group) is 1. The number of anilines is 1. The lowest BCUT2D eigenvalue weighted by Crippen LogP contribution is -2.27. The first-order chi connectivity index (χ1) is 7.99. The van der Waals surface area contributed by atoms with E-state index in [1.807, 2.05) is 13.8 Å². The average Bonchev–Trinajstić information content (AvgIpc) is 2.24. The van der Waals surface area contributed by atoms with Crippen molar-refractivity contribution in [2.45, 2.75) is 34.2 Å². The van der Waals surface area contributed by atoms with Gasteiger partial charge in [0.05, 0.1) is 0 Å². The van der Waals surface area contributed by atoms with Crippen LogP contribution in [0.15, 0.2) is 18.2 Å². The monoisotopic (exact) mass is 233 g/mol. The summed E-state index contributed by atoms with van der Waals surface area (Å²) in [6, 6.07) is 2.08. The standard InChI is InChI=1S/C14H23N3/c1-6-17(9-10(2)3)14-13(8-15)11(4)7-12(5)16-14/h7H,2,6,8-9,15H2,1,3-5H3. The summed E-state index contributed by atoms with van der Waals surface area (Å²) in [7, 11) is 0. The summed E-state index contributed by atoms with van der Waals surface area (Å²) in [6.45, 7) is 14.5. The average molecular weight is 233 g/mol.